The Hall–Kier alpha value is -3.60. The Morgan fingerprint density at radius 3 is 1.98 bits per heavy atom. The third kappa shape index (κ3) is 10.5. The lowest BCUT2D eigenvalue weighted by molar-refractivity contribution is -0.134. The zero-order valence-corrected chi connectivity index (χ0v) is 26.9. The third-order valence-electron chi connectivity index (χ3n) is 8.43. The van der Waals surface area contributed by atoms with Gasteiger partial charge < -0.3 is 25.4 Å². The largest absolute Gasteiger partial charge is 0.379 e. The van der Waals surface area contributed by atoms with E-state index in [0.29, 0.717) is 45.8 Å². The summed E-state index contributed by atoms with van der Waals surface area (Å²) < 4.78 is 10.8. The Balaban J connectivity index is 1.53. The van der Waals surface area contributed by atoms with Crippen LogP contribution in [-0.4, -0.2) is 91.6 Å². The van der Waals surface area contributed by atoms with Gasteiger partial charge in [0.25, 0.3) is 0 Å². The molecule has 3 N–H and O–H groups in total. The van der Waals surface area contributed by atoms with Gasteiger partial charge in [0.15, 0.2) is 5.78 Å². The van der Waals surface area contributed by atoms with E-state index in [0.717, 1.165) is 11.1 Å². The first-order valence-corrected chi connectivity index (χ1v) is 16.0. The molecule has 2 aliphatic heterocycles. The molecule has 3 amide bonds. The van der Waals surface area contributed by atoms with Crippen molar-refractivity contribution in [3.8, 4) is 0 Å². The van der Waals surface area contributed by atoms with E-state index in [-0.39, 0.29) is 36.5 Å². The number of epoxide rings is 1. The molecule has 2 aromatic rings. The van der Waals surface area contributed by atoms with Gasteiger partial charge in [0, 0.05) is 19.5 Å². The molecule has 2 heterocycles. The molecule has 4 rings (SSSR count). The number of nitrogens with zero attached hydrogens (tertiary/aromatic N) is 1. The lowest BCUT2D eigenvalue weighted by Crippen LogP contribution is -2.58. The average Bonchev–Trinajstić information content (AvgIpc) is 3.79. The smallest absolute Gasteiger partial charge is 0.243 e. The zero-order valence-electron chi connectivity index (χ0n) is 26.9. The predicted octanol–water partition coefficient (Wildman–Crippen LogP) is 2.61. The van der Waals surface area contributed by atoms with Gasteiger partial charge in [-0.05, 0) is 42.7 Å². The van der Waals surface area contributed by atoms with Crippen LogP contribution < -0.4 is 16.0 Å². The number of hydrogen-bond donors (Lipinski definition) is 3. The molecule has 0 aromatic heterocycles. The van der Waals surface area contributed by atoms with Crippen LogP contribution in [0.5, 0.6) is 0 Å². The maximum atomic E-state index is 14.0. The van der Waals surface area contributed by atoms with Crippen LogP contribution in [0.3, 0.4) is 0 Å². The van der Waals surface area contributed by atoms with Crippen LogP contribution in [0, 0.1) is 5.92 Å². The fourth-order valence-corrected chi connectivity index (χ4v) is 5.63. The van der Waals surface area contributed by atoms with Gasteiger partial charge in [0.1, 0.15) is 17.7 Å². The van der Waals surface area contributed by atoms with Crippen LogP contribution in [0.25, 0.3) is 0 Å². The molecular formula is C35H48N4O6. The molecule has 0 unspecified atom stereocenters. The number of Topliss-reactive ketones (excluding diaryl/α,β-unsaturated/α-hetero) is 1. The number of ketones is 1. The minimum absolute atomic E-state index is 0.0423. The fourth-order valence-electron chi connectivity index (χ4n) is 5.63. The van der Waals surface area contributed by atoms with Crippen molar-refractivity contribution in [2.45, 2.75) is 76.6 Å². The second-order valence-corrected chi connectivity index (χ2v) is 12.9. The molecule has 45 heavy (non-hydrogen) atoms. The Kier molecular flexibility index (Phi) is 12.3. The summed E-state index contributed by atoms with van der Waals surface area (Å²) >= 11 is 0. The number of ether oxygens (including phenoxy) is 2. The molecule has 0 bridgehead atoms. The first-order chi connectivity index (χ1) is 21.5. The van der Waals surface area contributed by atoms with Gasteiger partial charge in [-0.25, -0.2) is 0 Å². The Morgan fingerprint density at radius 1 is 0.800 bits per heavy atom. The van der Waals surface area contributed by atoms with E-state index in [4.69, 9.17) is 9.47 Å². The highest BCUT2D eigenvalue weighted by Gasteiger charge is 2.50. The average molecular weight is 621 g/mol. The third-order valence-corrected chi connectivity index (χ3v) is 8.43. The number of rotatable bonds is 16. The molecule has 0 spiro atoms. The summed E-state index contributed by atoms with van der Waals surface area (Å²) in [7, 11) is 0. The molecule has 5 atom stereocenters. The molecule has 2 aromatic carbocycles. The van der Waals surface area contributed by atoms with Crippen LogP contribution in [0.1, 0.15) is 57.6 Å². The number of carbonyl (C=O) groups is 4. The van der Waals surface area contributed by atoms with Gasteiger partial charge in [-0.2, -0.15) is 0 Å². The highest BCUT2D eigenvalue weighted by Crippen LogP contribution is 2.29. The molecule has 10 heteroatoms. The lowest BCUT2D eigenvalue weighted by atomic mass is 9.92. The van der Waals surface area contributed by atoms with Crippen molar-refractivity contribution in [2.75, 3.05) is 39.5 Å². The van der Waals surface area contributed by atoms with E-state index in [1.54, 1.807) is 6.92 Å². The van der Waals surface area contributed by atoms with E-state index in [9.17, 15) is 19.2 Å². The van der Waals surface area contributed by atoms with E-state index in [1.807, 2.05) is 86.3 Å². The van der Waals surface area contributed by atoms with Crippen molar-refractivity contribution < 1.29 is 28.7 Å². The van der Waals surface area contributed by atoms with Crippen molar-refractivity contribution in [1.29, 1.82) is 0 Å². The molecule has 10 nitrogen and oxygen atoms in total. The van der Waals surface area contributed by atoms with Gasteiger partial charge in [0.05, 0.1) is 32.4 Å². The van der Waals surface area contributed by atoms with Crippen molar-refractivity contribution in [1.82, 2.24) is 20.9 Å². The molecule has 2 fully saturated rings. The number of benzene rings is 2. The van der Waals surface area contributed by atoms with Gasteiger partial charge in [0.2, 0.25) is 17.7 Å². The van der Waals surface area contributed by atoms with E-state index in [1.165, 1.54) is 0 Å². The molecule has 2 saturated heterocycles. The monoisotopic (exact) mass is 620 g/mol. The number of amides is 3. The maximum absolute atomic E-state index is 14.0. The van der Waals surface area contributed by atoms with Crippen molar-refractivity contribution >= 4 is 23.5 Å². The van der Waals surface area contributed by atoms with Crippen LogP contribution >= 0.6 is 0 Å². The minimum atomic E-state index is -0.971. The Bertz CT molecular complexity index is 1280. The normalized spacial score (nSPS) is 20.8. The van der Waals surface area contributed by atoms with E-state index < -0.39 is 35.5 Å². The standard InChI is InChI=1S/C35H48N4O6/c1-24(2)19-28(32(41)35(4)23-45-35)37-34(43)30(21-26-11-7-5-8-12-26)38-33(42)29(20-25(3)27-13-9-6-10-14-27)36-31(40)22-39-15-17-44-18-16-39/h5-14,24-25,28-30H,15-23H2,1-4H3,(H,36,40)(H,37,43)(H,38,42)/t25-,28-,29-,30-,35+/m0/s1. The summed E-state index contributed by atoms with van der Waals surface area (Å²) in [5.74, 6) is -1.23. The number of hydrogen-bond acceptors (Lipinski definition) is 7. The van der Waals surface area contributed by atoms with E-state index in [2.05, 4.69) is 16.0 Å². The number of morpholine rings is 1. The van der Waals surface area contributed by atoms with Gasteiger partial charge >= 0.3 is 0 Å². The van der Waals surface area contributed by atoms with E-state index >= 15 is 0 Å². The molecule has 0 saturated carbocycles. The SMILES string of the molecule is CC(C)C[C@H](NC(=O)[C@H](Cc1ccccc1)NC(=O)[C@H](C[C@H](C)c1ccccc1)NC(=O)CN1CCOCC1)C(=O)[C@@]1(C)CO1. The quantitative estimate of drug-likeness (QED) is 0.246. The molecule has 0 radical (unpaired) electrons. The summed E-state index contributed by atoms with van der Waals surface area (Å²) in [6, 6.07) is 16.6. The van der Waals surface area contributed by atoms with Crippen LogP contribution in [0.15, 0.2) is 60.7 Å². The van der Waals surface area contributed by atoms with Crippen molar-refractivity contribution in [3.63, 3.8) is 0 Å². The van der Waals surface area contributed by atoms with Gasteiger partial charge in [-0.1, -0.05) is 81.4 Å². The Morgan fingerprint density at radius 2 is 1.38 bits per heavy atom. The van der Waals surface area contributed by atoms with Crippen molar-refractivity contribution in [2.24, 2.45) is 5.92 Å². The maximum Gasteiger partial charge on any atom is 0.243 e. The zero-order chi connectivity index (χ0) is 32.4. The summed E-state index contributed by atoms with van der Waals surface area (Å²) in [6.07, 6.45) is 1.01. The summed E-state index contributed by atoms with van der Waals surface area (Å²) in [5.41, 5.74) is 1.00. The first-order valence-electron chi connectivity index (χ1n) is 16.0. The summed E-state index contributed by atoms with van der Waals surface area (Å²) in [6.45, 7) is 10.6. The lowest BCUT2D eigenvalue weighted by Gasteiger charge is -2.29. The fraction of sp³-hybridized carbons (Fsp3) is 0.543. The molecule has 2 aliphatic rings. The van der Waals surface area contributed by atoms with Crippen LogP contribution in [0.4, 0.5) is 0 Å². The second kappa shape index (κ2) is 16.1. The molecule has 244 valence electrons. The first kappa shape index (κ1) is 34.3. The van der Waals surface area contributed by atoms with Crippen molar-refractivity contribution in [3.05, 3.63) is 71.8 Å². The number of nitrogens with one attached hydrogen (secondary N) is 3. The van der Waals surface area contributed by atoms with Crippen LogP contribution in [0.2, 0.25) is 0 Å². The number of carbonyl (C=O) groups excluding carboxylic acids is 4. The molecular weight excluding hydrogens is 572 g/mol. The Labute approximate surface area is 266 Å². The predicted molar refractivity (Wildman–Crippen MR) is 171 cm³/mol. The second-order valence-electron chi connectivity index (χ2n) is 12.9. The summed E-state index contributed by atoms with van der Waals surface area (Å²) in [5, 5.41) is 8.82. The van der Waals surface area contributed by atoms with Gasteiger partial charge in [-0.3, -0.25) is 24.1 Å². The minimum Gasteiger partial charge on any atom is -0.379 e. The summed E-state index contributed by atoms with van der Waals surface area (Å²) in [4.78, 5) is 56.3. The highest BCUT2D eigenvalue weighted by atomic mass is 16.6. The van der Waals surface area contributed by atoms with Gasteiger partial charge in [-0.15, -0.1) is 0 Å². The topological polar surface area (TPSA) is 129 Å². The van der Waals surface area contributed by atoms with Crippen LogP contribution in [-0.2, 0) is 35.1 Å². The molecule has 0 aliphatic carbocycles. The highest BCUT2D eigenvalue weighted by molar-refractivity contribution is 5.98.